The molecular formula is C19H22N4O3. The van der Waals surface area contributed by atoms with Crippen molar-refractivity contribution in [2.24, 2.45) is 0 Å². The van der Waals surface area contributed by atoms with E-state index in [4.69, 9.17) is 15.2 Å². The molecular weight excluding hydrogens is 332 g/mol. The van der Waals surface area contributed by atoms with E-state index in [1.807, 2.05) is 6.07 Å². The molecule has 1 aromatic carbocycles. The highest BCUT2D eigenvalue weighted by Gasteiger charge is 2.37. The number of hydrogen-bond acceptors (Lipinski definition) is 6. The van der Waals surface area contributed by atoms with E-state index in [1.54, 1.807) is 0 Å². The zero-order valence-corrected chi connectivity index (χ0v) is 14.5. The number of anilines is 1. The maximum atomic E-state index is 12.5. The van der Waals surface area contributed by atoms with Crippen LogP contribution in [0.15, 0.2) is 30.6 Å². The molecule has 2 aromatic rings. The predicted molar refractivity (Wildman–Crippen MR) is 96.4 cm³/mol. The topological polar surface area (TPSA) is 99.4 Å². The maximum absolute atomic E-state index is 12.5. The molecule has 0 spiro atoms. The molecule has 26 heavy (non-hydrogen) atoms. The van der Waals surface area contributed by atoms with Crippen molar-refractivity contribution >= 4 is 11.7 Å². The number of amides is 1. The zero-order chi connectivity index (χ0) is 18.0. The van der Waals surface area contributed by atoms with Crippen molar-refractivity contribution < 1.29 is 14.3 Å². The SMILES string of the molecule is Nc1nccnc1C(=O)NCC1(c2ccc3c(c2)OCCO3)CCCC1. The second-order valence-electron chi connectivity index (χ2n) is 6.82. The maximum Gasteiger partial charge on any atom is 0.273 e. The highest BCUT2D eigenvalue weighted by atomic mass is 16.6. The molecule has 1 amide bonds. The number of carbonyl (C=O) groups is 1. The fraction of sp³-hybridized carbons (Fsp3) is 0.421. The Labute approximate surface area is 151 Å². The lowest BCUT2D eigenvalue weighted by Gasteiger charge is -2.31. The molecule has 136 valence electrons. The molecule has 1 aliphatic heterocycles. The van der Waals surface area contributed by atoms with Gasteiger partial charge in [-0.15, -0.1) is 0 Å². The van der Waals surface area contributed by atoms with Crippen LogP contribution >= 0.6 is 0 Å². The van der Waals surface area contributed by atoms with E-state index in [0.717, 1.165) is 37.2 Å². The van der Waals surface area contributed by atoms with Crippen LogP contribution in [0.4, 0.5) is 5.82 Å². The van der Waals surface area contributed by atoms with Crippen molar-refractivity contribution in [2.75, 3.05) is 25.5 Å². The Morgan fingerprint density at radius 3 is 2.62 bits per heavy atom. The summed E-state index contributed by atoms with van der Waals surface area (Å²) in [4.78, 5) is 20.5. The summed E-state index contributed by atoms with van der Waals surface area (Å²) >= 11 is 0. The van der Waals surface area contributed by atoms with Gasteiger partial charge in [0.05, 0.1) is 0 Å². The van der Waals surface area contributed by atoms with Gasteiger partial charge < -0.3 is 20.5 Å². The molecule has 2 heterocycles. The fourth-order valence-electron chi connectivity index (χ4n) is 3.85. The second kappa shape index (κ2) is 6.82. The van der Waals surface area contributed by atoms with Gasteiger partial charge in [-0.25, -0.2) is 9.97 Å². The molecule has 7 nitrogen and oxygen atoms in total. The molecule has 3 N–H and O–H groups in total. The number of benzene rings is 1. The Morgan fingerprint density at radius 2 is 1.85 bits per heavy atom. The number of nitrogens with zero attached hydrogens (tertiary/aromatic N) is 2. The molecule has 0 bridgehead atoms. The van der Waals surface area contributed by atoms with E-state index in [2.05, 4.69) is 27.4 Å². The minimum atomic E-state index is -0.292. The molecule has 7 heteroatoms. The Morgan fingerprint density at radius 1 is 1.12 bits per heavy atom. The Bertz CT molecular complexity index is 818. The van der Waals surface area contributed by atoms with E-state index in [-0.39, 0.29) is 22.8 Å². The minimum Gasteiger partial charge on any atom is -0.486 e. The standard InChI is InChI=1S/C19H22N4O3/c20-17-16(21-7-8-22-17)18(24)23-12-19(5-1-2-6-19)13-3-4-14-15(11-13)26-10-9-25-14/h3-4,7-8,11H,1-2,5-6,9-10,12H2,(H2,20,22)(H,23,24). The molecule has 4 rings (SSSR count). The first kappa shape index (κ1) is 16.6. The summed E-state index contributed by atoms with van der Waals surface area (Å²) in [7, 11) is 0. The highest BCUT2D eigenvalue weighted by molar-refractivity contribution is 5.96. The van der Waals surface area contributed by atoms with Crippen molar-refractivity contribution in [3.63, 3.8) is 0 Å². The summed E-state index contributed by atoms with van der Waals surface area (Å²) in [6.07, 6.45) is 7.25. The van der Waals surface area contributed by atoms with Gasteiger partial charge in [-0.1, -0.05) is 18.9 Å². The van der Waals surface area contributed by atoms with Gasteiger partial charge in [-0.05, 0) is 30.5 Å². The first-order valence-corrected chi connectivity index (χ1v) is 8.93. The van der Waals surface area contributed by atoms with Crippen LogP contribution in [0.25, 0.3) is 0 Å². The average molecular weight is 354 g/mol. The van der Waals surface area contributed by atoms with E-state index in [9.17, 15) is 4.79 Å². The molecule has 1 saturated carbocycles. The van der Waals surface area contributed by atoms with Gasteiger partial charge in [-0.3, -0.25) is 4.79 Å². The summed E-state index contributed by atoms with van der Waals surface area (Å²) in [6, 6.07) is 6.11. The molecule has 1 aromatic heterocycles. The molecule has 1 fully saturated rings. The quantitative estimate of drug-likeness (QED) is 0.872. The van der Waals surface area contributed by atoms with E-state index < -0.39 is 0 Å². The largest absolute Gasteiger partial charge is 0.486 e. The Kier molecular flexibility index (Phi) is 4.36. The second-order valence-corrected chi connectivity index (χ2v) is 6.82. The number of nitrogen functional groups attached to an aromatic ring is 1. The number of ether oxygens (including phenoxy) is 2. The molecule has 0 unspecified atom stereocenters. The van der Waals surface area contributed by atoms with Crippen LogP contribution in [-0.4, -0.2) is 35.6 Å². The highest BCUT2D eigenvalue weighted by Crippen LogP contribution is 2.43. The summed E-state index contributed by atoms with van der Waals surface area (Å²) < 4.78 is 11.4. The number of fused-ring (bicyclic) bond motifs is 1. The molecule has 2 aliphatic rings. The predicted octanol–water partition coefficient (Wildman–Crippen LogP) is 2.07. The Balaban J connectivity index is 1.55. The van der Waals surface area contributed by atoms with Gasteiger partial charge in [0, 0.05) is 24.4 Å². The number of nitrogens with one attached hydrogen (secondary N) is 1. The summed E-state index contributed by atoms with van der Waals surface area (Å²) in [5, 5.41) is 3.01. The average Bonchev–Trinajstić information content (AvgIpc) is 3.16. The van der Waals surface area contributed by atoms with Crippen LogP contribution in [0.1, 0.15) is 41.7 Å². The zero-order valence-electron chi connectivity index (χ0n) is 14.5. The first-order chi connectivity index (χ1) is 12.7. The Hall–Kier alpha value is -2.83. The van der Waals surface area contributed by atoms with Crippen LogP contribution in [0, 0.1) is 0 Å². The monoisotopic (exact) mass is 354 g/mol. The third-order valence-corrected chi connectivity index (χ3v) is 5.24. The number of carbonyl (C=O) groups excluding carboxylic acids is 1. The van der Waals surface area contributed by atoms with E-state index in [0.29, 0.717) is 19.8 Å². The van der Waals surface area contributed by atoms with Crippen molar-refractivity contribution in [3.05, 3.63) is 41.9 Å². The van der Waals surface area contributed by atoms with E-state index in [1.165, 1.54) is 18.0 Å². The van der Waals surface area contributed by atoms with Crippen molar-refractivity contribution in [2.45, 2.75) is 31.1 Å². The van der Waals surface area contributed by atoms with Gasteiger partial charge in [0.25, 0.3) is 5.91 Å². The molecule has 0 saturated heterocycles. The molecule has 0 atom stereocenters. The minimum absolute atomic E-state index is 0.109. The van der Waals surface area contributed by atoms with E-state index >= 15 is 0 Å². The van der Waals surface area contributed by atoms with Gasteiger partial charge in [0.1, 0.15) is 13.2 Å². The van der Waals surface area contributed by atoms with Crippen molar-refractivity contribution in [3.8, 4) is 11.5 Å². The normalized spacial score (nSPS) is 17.7. The van der Waals surface area contributed by atoms with Crippen LogP contribution in [-0.2, 0) is 5.41 Å². The van der Waals surface area contributed by atoms with Crippen LogP contribution < -0.4 is 20.5 Å². The lowest BCUT2D eigenvalue weighted by Crippen LogP contribution is -2.39. The fourth-order valence-corrected chi connectivity index (χ4v) is 3.85. The third-order valence-electron chi connectivity index (χ3n) is 5.24. The van der Waals surface area contributed by atoms with Crippen LogP contribution in [0.3, 0.4) is 0 Å². The number of aromatic nitrogens is 2. The smallest absolute Gasteiger partial charge is 0.273 e. The summed E-state index contributed by atoms with van der Waals surface area (Å²) in [6.45, 7) is 1.67. The summed E-state index contributed by atoms with van der Waals surface area (Å²) in [5.41, 5.74) is 6.99. The van der Waals surface area contributed by atoms with Gasteiger partial charge in [-0.2, -0.15) is 0 Å². The van der Waals surface area contributed by atoms with Gasteiger partial charge >= 0.3 is 0 Å². The summed E-state index contributed by atoms with van der Waals surface area (Å²) in [5.74, 6) is 1.42. The lowest BCUT2D eigenvalue weighted by molar-refractivity contribution is 0.0938. The van der Waals surface area contributed by atoms with Gasteiger partial charge in [0.2, 0.25) is 0 Å². The van der Waals surface area contributed by atoms with Crippen LogP contribution in [0.5, 0.6) is 11.5 Å². The molecule has 1 aliphatic carbocycles. The van der Waals surface area contributed by atoms with Crippen molar-refractivity contribution in [1.29, 1.82) is 0 Å². The van der Waals surface area contributed by atoms with Crippen molar-refractivity contribution in [1.82, 2.24) is 15.3 Å². The number of nitrogens with two attached hydrogens (primary N) is 1. The molecule has 0 radical (unpaired) electrons. The number of hydrogen-bond donors (Lipinski definition) is 2. The third kappa shape index (κ3) is 3.05. The lowest BCUT2D eigenvalue weighted by atomic mass is 9.78. The first-order valence-electron chi connectivity index (χ1n) is 8.93. The number of rotatable bonds is 4. The van der Waals surface area contributed by atoms with Gasteiger partial charge in [0.15, 0.2) is 23.0 Å². The van der Waals surface area contributed by atoms with Crippen LogP contribution in [0.2, 0.25) is 0 Å².